The molecule has 7 heteroatoms. The van der Waals surface area contributed by atoms with Crippen molar-refractivity contribution in [1.29, 1.82) is 5.26 Å². The first kappa shape index (κ1) is 21.0. The maximum atomic E-state index is 13.2. The van der Waals surface area contributed by atoms with Crippen LogP contribution in [0.1, 0.15) is 35.3 Å². The molecule has 0 aromatic heterocycles. The number of rotatable bonds is 6. The van der Waals surface area contributed by atoms with Gasteiger partial charge in [0, 0.05) is 31.7 Å². The molecule has 0 fully saturated rings. The Balaban J connectivity index is 1.85. The number of carbonyl (C=O) groups excluding carboxylic acids is 1. The van der Waals surface area contributed by atoms with Crippen LogP contribution in [0.15, 0.2) is 53.4 Å². The SMILES string of the molecule is CCN(CC(C)C#N)C(=O)c1cccc(S(=O)(=O)N2CCc3ccccc3C2)c1. The van der Waals surface area contributed by atoms with Gasteiger partial charge in [-0.15, -0.1) is 0 Å². The molecule has 0 saturated heterocycles. The number of amides is 1. The smallest absolute Gasteiger partial charge is 0.253 e. The van der Waals surface area contributed by atoms with E-state index in [9.17, 15) is 13.2 Å². The van der Waals surface area contributed by atoms with Gasteiger partial charge in [0.05, 0.1) is 16.9 Å². The molecule has 1 heterocycles. The molecule has 1 aliphatic rings. The van der Waals surface area contributed by atoms with E-state index < -0.39 is 10.0 Å². The van der Waals surface area contributed by atoms with Crippen molar-refractivity contribution in [1.82, 2.24) is 9.21 Å². The Morgan fingerprint density at radius 3 is 2.62 bits per heavy atom. The number of hydrogen-bond acceptors (Lipinski definition) is 4. The fourth-order valence-electron chi connectivity index (χ4n) is 3.52. The Labute approximate surface area is 172 Å². The van der Waals surface area contributed by atoms with Crippen LogP contribution < -0.4 is 0 Å². The molecule has 0 saturated carbocycles. The summed E-state index contributed by atoms with van der Waals surface area (Å²) in [6, 6.07) is 16.2. The van der Waals surface area contributed by atoms with Gasteiger partial charge in [-0.25, -0.2) is 8.42 Å². The fourth-order valence-corrected chi connectivity index (χ4v) is 4.99. The second-order valence-corrected chi connectivity index (χ2v) is 9.20. The van der Waals surface area contributed by atoms with Gasteiger partial charge in [-0.3, -0.25) is 4.79 Å². The average molecular weight is 412 g/mol. The lowest BCUT2D eigenvalue weighted by molar-refractivity contribution is 0.0752. The molecule has 0 bridgehead atoms. The molecular formula is C22H25N3O3S. The van der Waals surface area contributed by atoms with Gasteiger partial charge in [-0.1, -0.05) is 30.3 Å². The van der Waals surface area contributed by atoms with E-state index in [1.54, 1.807) is 24.0 Å². The van der Waals surface area contributed by atoms with Crippen LogP contribution in [0, 0.1) is 17.2 Å². The van der Waals surface area contributed by atoms with Crippen molar-refractivity contribution in [3.8, 4) is 6.07 Å². The van der Waals surface area contributed by atoms with E-state index in [0.717, 1.165) is 5.56 Å². The molecule has 2 aromatic carbocycles. The Morgan fingerprint density at radius 1 is 1.21 bits per heavy atom. The van der Waals surface area contributed by atoms with Gasteiger partial charge in [0.1, 0.15) is 0 Å². The van der Waals surface area contributed by atoms with Crippen molar-refractivity contribution < 1.29 is 13.2 Å². The van der Waals surface area contributed by atoms with Crippen LogP contribution in [0.2, 0.25) is 0 Å². The van der Waals surface area contributed by atoms with Gasteiger partial charge in [0.2, 0.25) is 10.0 Å². The number of sulfonamides is 1. The van der Waals surface area contributed by atoms with Crippen molar-refractivity contribution in [2.45, 2.75) is 31.7 Å². The third-order valence-electron chi connectivity index (χ3n) is 5.20. The Kier molecular flexibility index (Phi) is 6.36. The molecule has 6 nitrogen and oxygen atoms in total. The van der Waals surface area contributed by atoms with E-state index in [1.807, 2.05) is 31.2 Å². The third kappa shape index (κ3) is 4.50. The number of fused-ring (bicyclic) bond motifs is 1. The zero-order valence-electron chi connectivity index (χ0n) is 16.7. The van der Waals surface area contributed by atoms with E-state index in [4.69, 9.17) is 5.26 Å². The third-order valence-corrected chi connectivity index (χ3v) is 7.04. The first-order valence-electron chi connectivity index (χ1n) is 9.72. The van der Waals surface area contributed by atoms with Gasteiger partial charge in [-0.05, 0) is 49.6 Å². The fraction of sp³-hybridized carbons (Fsp3) is 0.364. The minimum absolute atomic E-state index is 0.118. The van der Waals surface area contributed by atoms with Crippen LogP contribution in [0.25, 0.3) is 0 Å². The molecule has 3 rings (SSSR count). The van der Waals surface area contributed by atoms with E-state index >= 15 is 0 Å². The summed E-state index contributed by atoms with van der Waals surface area (Å²) < 4.78 is 27.9. The van der Waals surface area contributed by atoms with Crippen LogP contribution in [0.3, 0.4) is 0 Å². The zero-order valence-corrected chi connectivity index (χ0v) is 17.5. The predicted octanol–water partition coefficient (Wildman–Crippen LogP) is 3.06. The molecule has 1 atom stereocenters. The lowest BCUT2D eigenvalue weighted by Gasteiger charge is -2.28. The van der Waals surface area contributed by atoms with Crippen molar-refractivity contribution in [3.05, 3.63) is 65.2 Å². The average Bonchev–Trinajstić information content (AvgIpc) is 2.76. The number of hydrogen-bond donors (Lipinski definition) is 0. The standard InChI is InChI=1S/C22H25N3O3S/c1-3-24(15-17(2)14-23)22(26)19-9-6-10-21(13-19)29(27,28)25-12-11-18-7-4-5-8-20(18)16-25/h4-10,13,17H,3,11-12,15-16H2,1-2H3. The maximum absolute atomic E-state index is 13.2. The van der Waals surface area contributed by atoms with Gasteiger partial charge < -0.3 is 4.90 Å². The second-order valence-electron chi connectivity index (χ2n) is 7.26. The summed E-state index contributed by atoms with van der Waals surface area (Å²) in [6.07, 6.45) is 0.670. The van der Waals surface area contributed by atoms with Crippen LogP contribution in [-0.4, -0.2) is 43.2 Å². The summed E-state index contributed by atoms with van der Waals surface area (Å²) in [5.41, 5.74) is 2.50. The minimum Gasteiger partial charge on any atom is -0.338 e. The van der Waals surface area contributed by atoms with Crippen molar-refractivity contribution in [2.75, 3.05) is 19.6 Å². The highest BCUT2D eigenvalue weighted by atomic mass is 32.2. The summed E-state index contributed by atoms with van der Waals surface area (Å²) in [4.78, 5) is 14.5. The first-order valence-corrected chi connectivity index (χ1v) is 11.2. The summed E-state index contributed by atoms with van der Waals surface area (Å²) in [6.45, 7) is 5.10. The van der Waals surface area contributed by atoms with Crippen LogP contribution in [0.4, 0.5) is 0 Å². The zero-order chi connectivity index (χ0) is 21.0. The Hall–Kier alpha value is -2.69. The summed E-state index contributed by atoms with van der Waals surface area (Å²) in [5.74, 6) is -0.560. The number of nitriles is 1. The molecule has 29 heavy (non-hydrogen) atoms. The maximum Gasteiger partial charge on any atom is 0.253 e. The van der Waals surface area contributed by atoms with Gasteiger partial charge in [0.15, 0.2) is 0 Å². The van der Waals surface area contributed by atoms with Crippen LogP contribution >= 0.6 is 0 Å². The predicted molar refractivity (Wildman–Crippen MR) is 111 cm³/mol. The second kappa shape index (κ2) is 8.76. The number of carbonyl (C=O) groups is 1. The monoisotopic (exact) mass is 411 g/mol. The molecule has 1 aliphatic heterocycles. The minimum atomic E-state index is -3.71. The summed E-state index contributed by atoms with van der Waals surface area (Å²) >= 11 is 0. The summed E-state index contributed by atoms with van der Waals surface area (Å²) in [5, 5.41) is 9.02. The van der Waals surface area contributed by atoms with E-state index in [1.165, 1.54) is 22.0 Å². The Bertz CT molecular complexity index is 1040. The van der Waals surface area contributed by atoms with Gasteiger partial charge in [0.25, 0.3) is 5.91 Å². The van der Waals surface area contributed by atoms with E-state index in [-0.39, 0.29) is 16.7 Å². The van der Waals surface area contributed by atoms with Crippen molar-refractivity contribution >= 4 is 15.9 Å². The van der Waals surface area contributed by atoms with E-state index in [0.29, 0.717) is 38.2 Å². The molecule has 0 N–H and O–H groups in total. The van der Waals surface area contributed by atoms with Crippen LogP contribution in [0.5, 0.6) is 0 Å². The van der Waals surface area contributed by atoms with Crippen molar-refractivity contribution in [3.63, 3.8) is 0 Å². The highest BCUT2D eigenvalue weighted by Gasteiger charge is 2.29. The molecule has 2 aromatic rings. The highest BCUT2D eigenvalue weighted by Crippen LogP contribution is 2.25. The molecule has 152 valence electrons. The van der Waals surface area contributed by atoms with Gasteiger partial charge in [-0.2, -0.15) is 9.57 Å². The molecular weight excluding hydrogens is 386 g/mol. The lowest BCUT2D eigenvalue weighted by atomic mass is 10.0. The first-order chi connectivity index (χ1) is 13.9. The topological polar surface area (TPSA) is 81.5 Å². The largest absolute Gasteiger partial charge is 0.338 e. The molecule has 0 aliphatic carbocycles. The summed E-state index contributed by atoms with van der Waals surface area (Å²) in [7, 11) is -3.71. The highest BCUT2D eigenvalue weighted by molar-refractivity contribution is 7.89. The quantitative estimate of drug-likeness (QED) is 0.732. The van der Waals surface area contributed by atoms with Gasteiger partial charge >= 0.3 is 0 Å². The van der Waals surface area contributed by atoms with E-state index in [2.05, 4.69) is 6.07 Å². The molecule has 0 spiro atoms. The van der Waals surface area contributed by atoms with Crippen LogP contribution in [-0.2, 0) is 23.0 Å². The number of nitrogens with zero attached hydrogens (tertiary/aromatic N) is 3. The van der Waals surface area contributed by atoms with Crippen molar-refractivity contribution in [2.24, 2.45) is 5.92 Å². The molecule has 1 amide bonds. The molecule has 1 unspecified atom stereocenters. The normalized spacial score (nSPS) is 15.2. The molecule has 0 radical (unpaired) electrons. The Morgan fingerprint density at radius 2 is 1.93 bits per heavy atom. The lowest BCUT2D eigenvalue weighted by Crippen LogP contribution is -2.36. The number of benzene rings is 2.